The first kappa shape index (κ1) is 44.8. The van der Waals surface area contributed by atoms with E-state index in [2.05, 4.69) is 24.3 Å². The summed E-state index contributed by atoms with van der Waals surface area (Å²) in [5.74, 6) is -7.26. The van der Waals surface area contributed by atoms with Crippen molar-refractivity contribution in [1.82, 2.24) is 9.80 Å². The van der Waals surface area contributed by atoms with Crippen LogP contribution in [0.15, 0.2) is 170 Å². The number of hydrogen-bond donors (Lipinski definition) is 2. The molecule has 0 saturated heterocycles. The van der Waals surface area contributed by atoms with Crippen LogP contribution in [0, 0.1) is 23.7 Å². The molecule has 0 bridgehead atoms. The Morgan fingerprint density at radius 1 is 0.375 bits per heavy atom. The van der Waals surface area contributed by atoms with Gasteiger partial charge in [0, 0.05) is 26.2 Å². The van der Waals surface area contributed by atoms with E-state index in [1.54, 1.807) is 9.80 Å². The number of carbonyl (C=O) groups is 4. The van der Waals surface area contributed by atoms with Crippen molar-refractivity contribution in [1.29, 1.82) is 0 Å². The van der Waals surface area contributed by atoms with E-state index in [-0.39, 0.29) is 26.2 Å². The molecule has 10 nitrogen and oxygen atoms in total. The molecule has 64 heavy (non-hydrogen) atoms. The third-order valence-corrected chi connectivity index (χ3v) is 11.8. The number of aryl methyl sites for hydroxylation is 2. The molecule has 0 spiro atoms. The summed E-state index contributed by atoms with van der Waals surface area (Å²) in [5.41, 5.74) is 3.88. The first-order chi connectivity index (χ1) is 31.2. The molecule has 6 aromatic carbocycles. The summed E-state index contributed by atoms with van der Waals surface area (Å²) in [4.78, 5) is 59.0. The lowest BCUT2D eigenvalue weighted by Crippen LogP contribution is -2.64. The highest BCUT2D eigenvalue weighted by molar-refractivity contribution is 5.99. The van der Waals surface area contributed by atoms with E-state index in [0.717, 1.165) is 47.9 Å². The molecule has 0 heterocycles. The highest BCUT2D eigenvalue weighted by Gasteiger charge is 2.64. The largest absolute Gasteiger partial charge is 0.481 e. The minimum atomic E-state index is -1.58. The fourth-order valence-corrected chi connectivity index (χ4v) is 8.50. The lowest BCUT2D eigenvalue weighted by molar-refractivity contribution is -0.187. The van der Waals surface area contributed by atoms with Gasteiger partial charge in [-0.3, -0.25) is 19.2 Å². The van der Waals surface area contributed by atoms with Crippen molar-refractivity contribution < 1.29 is 38.9 Å². The molecule has 2 amide bonds. The number of carboxylic acids is 2. The third-order valence-electron chi connectivity index (χ3n) is 11.8. The summed E-state index contributed by atoms with van der Waals surface area (Å²) < 4.78 is 12.0. The lowest BCUT2D eigenvalue weighted by atomic mass is 9.55. The summed E-state index contributed by atoms with van der Waals surface area (Å²) in [6.45, 7) is 0.849. The van der Waals surface area contributed by atoms with Gasteiger partial charge in [0.15, 0.2) is 0 Å². The predicted molar refractivity (Wildman–Crippen MR) is 245 cm³/mol. The lowest BCUT2D eigenvalue weighted by Gasteiger charge is -2.48. The van der Waals surface area contributed by atoms with Crippen LogP contribution in [0.3, 0.4) is 0 Å². The Hall–Kier alpha value is -7.20. The van der Waals surface area contributed by atoms with Gasteiger partial charge in [0.1, 0.15) is 23.0 Å². The van der Waals surface area contributed by atoms with Crippen LogP contribution < -0.4 is 9.47 Å². The van der Waals surface area contributed by atoms with Gasteiger partial charge >= 0.3 is 11.9 Å². The van der Waals surface area contributed by atoms with Gasteiger partial charge in [0.25, 0.3) is 0 Å². The number of carboxylic acid groups (broad SMARTS) is 2. The normalized spacial score (nSPS) is 16.5. The topological polar surface area (TPSA) is 134 Å². The molecule has 0 aromatic heterocycles. The van der Waals surface area contributed by atoms with Gasteiger partial charge in [0.2, 0.25) is 11.8 Å². The van der Waals surface area contributed by atoms with Crippen molar-refractivity contribution in [2.75, 3.05) is 13.1 Å². The number of unbranched alkanes of at least 4 members (excludes halogenated alkanes) is 2. The Kier molecular flexibility index (Phi) is 15.6. The van der Waals surface area contributed by atoms with Crippen LogP contribution in [-0.2, 0) is 45.1 Å². The predicted octanol–water partition coefficient (Wildman–Crippen LogP) is 10.3. The Labute approximate surface area is 374 Å². The molecule has 1 aliphatic rings. The van der Waals surface area contributed by atoms with E-state index in [1.807, 2.05) is 146 Å². The number of amides is 2. The van der Waals surface area contributed by atoms with Crippen molar-refractivity contribution in [3.05, 3.63) is 192 Å². The first-order valence-electron chi connectivity index (χ1n) is 22.0. The summed E-state index contributed by atoms with van der Waals surface area (Å²) in [6.07, 6.45) is 4.32. The second kappa shape index (κ2) is 22.2. The molecule has 6 aromatic rings. The van der Waals surface area contributed by atoms with Crippen LogP contribution >= 0.6 is 0 Å². The minimum Gasteiger partial charge on any atom is -0.481 e. The smallest absolute Gasteiger partial charge is 0.308 e. The van der Waals surface area contributed by atoms with Gasteiger partial charge in [-0.2, -0.15) is 0 Å². The van der Waals surface area contributed by atoms with E-state index in [9.17, 15) is 29.4 Å². The Morgan fingerprint density at radius 2 is 0.688 bits per heavy atom. The second-order valence-corrected chi connectivity index (χ2v) is 16.3. The summed E-state index contributed by atoms with van der Waals surface area (Å²) >= 11 is 0. The van der Waals surface area contributed by atoms with Crippen LogP contribution in [-0.4, -0.2) is 56.9 Å². The van der Waals surface area contributed by atoms with Crippen LogP contribution in [0.4, 0.5) is 0 Å². The Bertz CT molecular complexity index is 2240. The molecule has 10 heteroatoms. The fourth-order valence-electron chi connectivity index (χ4n) is 8.50. The quantitative estimate of drug-likeness (QED) is 0.0645. The van der Waals surface area contributed by atoms with Crippen molar-refractivity contribution in [3.8, 4) is 23.0 Å². The fraction of sp³-hybridized carbons (Fsp3) is 0.259. The molecule has 328 valence electrons. The number of para-hydroxylation sites is 2. The molecule has 2 N–H and O–H groups in total. The number of nitrogens with zero attached hydrogens (tertiary/aromatic N) is 2. The van der Waals surface area contributed by atoms with E-state index in [1.165, 1.54) is 0 Å². The van der Waals surface area contributed by atoms with Crippen molar-refractivity contribution >= 4 is 23.8 Å². The van der Waals surface area contributed by atoms with Gasteiger partial charge in [-0.25, -0.2) is 0 Å². The Balaban J connectivity index is 1.14. The van der Waals surface area contributed by atoms with Crippen LogP contribution in [0.1, 0.15) is 47.9 Å². The van der Waals surface area contributed by atoms with Crippen molar-refractivity contribution in [3.63, 3.8) is 0 Å². The molecule has 0 unspecified atom stereocenters. The van der Waals surface area contributed by atoms with Crippen LogP contribution in [0.2, 0.25) is 0 Å². The maximum Gasteiger partial charge on any atom is 0.308 e. The number of hydrogen-bond acceptors (Lipinski definition) is 6. The molecule has 0 aliphatic heterocycles. The molecule has 1 aliphatic carbocycles. The third kappa shape index (κ3) is 12.0. The Morgan fingerprint density at radius 3 is 1.02 bits per heavy atom. The van der Waals surface area contributed by atoms with Crippen molar-refractivity contribution in [2.45, 2.75) is 51.6 Å². The standard InChI is InChI=1S/C54H54N2O8/c57-51(55(35-15-13-21-39-17-5-1-6-18-39)37-41-27-31-45(32-28-41)63-43-23-9-3-10-24-43)47-48(50(54(61)62)49(47)53(59)60)52(58)56(36-16-14-22-40-19-7-2-8-20-40)38-42-29-33-46(34-30-42)64-44-25-11-4-12-26-44/h1-12,17-20,23-34,47-50H,13-16,21-22,35-38H2,(H,59,60)(H,61,62)/t47-,48-,49-,50-/m1/s1. The van der Waals surface area contributed by atoms with Gasteiger partial charge in [-0.05, 0) is 109 Å². The van der Waals surface area contributed by atoms with E-state index < -0.39 is 47.4 Å². The maximum absolute atomic E-state index is 14.9. The zero-order valence-electron chi connectivity index (χ0n) is 35.8. The van der Waals surface area contributed by atoms with Gasteiger partial charge < -0.3 is 29.5 Å². The first-order valence-corrected chi connectivity index (χ1v) is 22.0. The second-order valence-electron chi connectivity index (χ2n) is 16.3. The summed E-state index contributed by atoms with van der Waals surface area (Å²) in [7, 11) is 0. The molecular weight excluding hydrogens is 805 g/mol. The number of ether oxygens (including phenoxy) is 2. The number of rotatable bonds is 22. The molecule has 7 rings (SSSR count). The SMILES string of the molecule is O=C(O)[C@H]1[C@H](C(=O)O)[C@H](C(=O)N(CCCCc2ccccc2)Cc2ccc(Oc3ccccc3)cc2)[C@H]1C(=O)N(CCCCc1ccccc1)Cc1ccc(Oc2ccccc2)cc1. The maximum atomic E-state index is 14.9. The summed E-state index contributed by atoms with van der Waals surface area (Å²) in [6, 6.07) is 53.5. The van der Waals surface area contributed by atoms with Crippen LogP contribution in [0.25, 0.3) is 0 Å². The average Bonchev–Trinajstić information content (AvgIpc) is 3.30. The zero-order chi connectivity index (χ0) is 44.7. The van der Waals surface area contributed by atoms with E-state index in [4.69, 9.17) is 9.47 Å². The minimum absolute atomic E-state index is 0.137. The highest BCUT2D eigenvalue weighted by Crippen LogP contribution is 2.49. The molecule has 1 fully saturated rings. The zero-order valence-corrected chi connectivity index (χ0v) is 35.8. The van der Waals surface area contributed by atoms with E-state index >= 15 is 0 Å². The van der Waals surface area contributed by atoms with Crippen LogP contribution in [0.5, 0.6) is 23.0 Å². The number of aliphatic carboxylic acids is 2. The summed E-state index contributed by atoms with van der Waals surface area (Å²) in [5, 5.41) is 21.1. The van der Waals surface area contributed by atoms with Gasteiger partial charge in [-0.1, -0.05) is 121 Å². The molecule has 4 atom stereocenters. The number of carbonyl (C=O) groups excluding carboxylic acids is 2. The molecule has 1 saturated carbocycles. The van der Waals surface area contributed by atoms with Gasteiger partial charge in [-0.15, -0.1) is 0 Å². The number of benzene rings is 6. The van der Waals surface area contributed by atoms with Gasteiger partial charge in [0.05, 0.1) is 23.7 Å². The monoisotopic (exact) mass is 858 g/mol. The van der Waals surface area contributed by atoms with Crippen molar-refractivity contribution in [2.24, 2.45) is 23.7 Å². The molecular formula is C54H54N2O8. The van der Waals surface area contributed by atoms with E-state index in [0.29, 0.717) is 35.8 Å². The average molecular weight is 859 g/mol. The highest BCUT2D eigenvalue weighted by atomic mass is 16.5. The molecule has 0 radical (unpaired) electrons.